The van der Waals surface area contributed by atoms with Gasteiger partial charge in [0.25, 0.3) is 0 Å². The lowest BCUT2D eigenvalue weighted by molar-refractivity contribution is 0.157. The fourth-order valence-corrected chi connectivity index (χ4v) is 3.42. The molecule has 2 aromatic heterocycles. The molecule has 0 bridgehead atoms. The maximum Gasteiger partial charge on any atom is 0.323 e. The van der Waals surface area contributed by atoms with Gasteiger partial charge in [-0.1, -0.05) is 6.07 Å². The van der Waals surface area contributed by atoms with Crippen LogP contribution in [0, 0.1) is 0 Å². The third-order valence-electron chi connectivity index (χ3n) is 4.88. The van der Waals surface area contributed by atoms with Gasteiger partial charge in [0.05, 0.1) is 6.04 Å². The van der Waals surface area contributed by atoms with Crippen LogP contribution in [0.2, 0.25) is 0 Å². The number of rotatable bonds is 5. The fraction of sp³-hybridized carbons (Fsp3) is 0.474. The van der Waals surface area contributed by atoms with Crippen LogP contribution in [0.15, 0.2) is 34.9 Å². The number of hydrogen-bond acceptors (Lipinski definition) is 4. The summed E-state index contributed by atoms with van der Waals surface area (Å²) in [5.41, 5.74) is 1.26. The number of aromatic nitrogens is 1. The first-order valence-electron chi connectivity index (χ1n) is 8.85. The maximum absolute atomic E-state index is 12.7. The Bertz CT molecular complexity index is 737. The quantitative estimate of drug-likeness (QED) is 0.890. The van der Waals surface area contributed by atoms with Gasteiger partial charge in [-0.25, -0.2) is 9.78 Å². The molecule has 1 saturated carbocycles. The van der Waals surface area contributed by atoms with Crippen molar-refractivity contribution in [2.24, 2.45) is 0 Å². The Morgan fingerprint density at radius 2 is 2.20 bits per heavy atom. The van der Waals surface area contributed by atoms with Gasteiger partial charge in [-0.05, 0) is 55.4 Å². The summed E-state index contributed by atoms with van der Waals surface area (Å²) in [5.74, 6) is 2.86. The van der Waals surface area contributed by atoms with Crippen molar-refractivity contribution in [3.8, 4) is 0 Å². The third kappa shape index (κ3) is 3.54. The summed E-state index contributed by atoms with van der Waals surface area (Å²) >= 11 is 0. The zero-order valence-corrected chi connectivity index (χ0v) is 14.4. The molecule has 2 aliphatic rings. The second-order valence-corrected chi connectivity index (χ2v) is 6.77. The van der Waals surface area contributed by atoms with E-state index in [9.17, 15) is 4.79 Å². The topological polar surface area (TPSA) is 67.6 Å². The van der Waals surface area contributed by atoms with Crippen molar-refractivity contribution in [3.05, 3.63) is 47.5 Å². The summed E-state index contributed by atoms with van der Waals surface area (Å²) in [6.07, 6.45) is 6.24. The molecule has 1 saturated heterocycles. The van der Waals surface area contributed by atoms with Crippen LogP contribution in [0.1, 0.15) is 54.7 Å². The lowest BCUT2D eigenvalue weighted by Crippen LogP contribution is -2.34. The molecule has 1 unspecified atom stereocenters. The first kappa shape index (κ1) is 16.1. The molecule has 1 N–H and O–H groups in total. The van der Waals surface area contributed by atoms with Crippen molar-refractivity contribution in [2.45, 2.75) is 44.2 Å². The molecular formula is C19H23N3O3. The number of likely N-dealkylation sites (tertiary alicyclic amines) is 1. The number of nitrogens with zero attached hydrogens (tertiary/aromatic N) is 2. The number of ether oxygens (including phenoxy) is 1. The van der Waals surface area contributed by atoms with Gasteiger partial charge < -0.3 is 14.1 Å². The molecule has 2 amide bonds. The van der Waals surface area contributed by atoms with Gasteiger partial charge in [-0.2, -0.15) is 0 Å². The van der Waals surface area contributed by atoms with Gasteiger partial charge in [0.1, 0.15) is 23.9 Å². The highest BCUT2D eigenvalue weighted by Crippen LogP contribution is 2.39. The van der Waals surface area contributed by atoms with E-state index >= 15 is 0 Å². The molecule has 2 aromatic rings. The summed E-state index contributed by atoms with van der Waals surface area (Å²) in [6.45, 7) is 1.16. The van der Waals surface area contributed by atoms with Crippen LogP contribution in [0.4, 0.5) is 10.6 Å². The Hall–Kier alpha value is -2.34. The second-order valence-electron chi connectivity index (χ2n) is 6.77. The Morgan fingerprint density at radius 3 is 2.92 bits per heavy atom. The van der Waals surface area contributed by atoms with E-state index in [2.05, 4.69) is 16.4 Å². The van der Waals surface area contributed by atoms with Crippen LogP contribution in [0.3, 0.4) is 0 Å². The van der Waals surface area contributed by atoms with E-state index in [4.69, 9.17) is 9.15 Å². The molecule has 132 valence electrons. The third-order valence-corrected chi connectivity index (χ3v) is 4.88. The van der Waals surface area contributed by atoms with E-state index in [0.717, 1.165) is 30.9 Å². The number of anilines is 1. The van der Waals surface area contributed by atoms with Crippen molar-refractivity contribution in [1.82, 2.24) is 9.88 Å². The van der Waals surface area contributed by atoms with E-state index in [-0.39, 0.29) is 12.1 Å². The van der Waals surface area contributed by atoms with Crippen molar-refractivity contribution in [1.29, 1.82) is 0 Å². The van der Waals surface area contributed by atoms with Crippen LogP contribution >= 0.6 is 0 Å². The molecule has 2 fully saturated rings. The van der Waals surface area contributed by atoms with Crippen LogP contribution in [0.25, 0.3) is 0 Å². The molecule has 25 heavy (non-hydrogen) atoms. The molecule has 0 radical (unpaired) electrons. The number of pyridine rings is 1. The van der Waals surface area contributed by atoms with Gasteiger partial charge >= 0.3 is 6.03 Å². The standard InChI is InChI=1S/C19H23N3O3/c1-24-12-15-7-8-17(25-15)16-3-2-10-22(16)19(23)21-18-9-6-14(11-20-18)13-4-5-13/h6-9,11,13,16H,2-5,10,12H2,1H3,(H,20,21,23). The van der Waals surface area contributed by atoms with E-state index in [1.54, 1.807) is 7.11 Å². The van der Waals surface area contributed by atoms with E-state index in [1.165, 1.54) is 18.4 Å². The maximum atomic E-state index is 12.7. The van der Waals surface area contributed by atoms with Crippen LogP contribution in [-0.2, 0) is 11.3 Å². The molecular weight excluding hydrogens is 318 g/mol. The van der Waals surface area contributed by atoms with Gasteiger partial charge in [0.2, 0.25) is 0 Å². The van der Waals surface area contributed by atoms with Crippen LogP contribution < -0.4 is 5.32 Å². The zero-order valence-electron chi connectivity index (χ0n) is 14.4. The van der Waals surface area contributed by atoms with Gasteiger partial charge in [0, 0.05) is 19.9 Å². The minimum Gasteiger partial charge on any atom is -0.461 e. The summed E-state index contributed by atoms with van der Waals surface area (Å²) < 4.78 is 10.9. The van der Waals surface area contributed by atoms with E-state index in [0.29, 0.717) is 18.3 Å². The smallest absolute Gasteiger partial charge is 0.323 e. The number of hydrogen-bond donors (Lipinski definition) is 1. The van der Waals surface area contributed by atoms with Crippen molar-refractivity contribution < 1.29 is 13.9 Å². The molecule has 0 aromatic carbocycles. The molecule has 1 aliphatic heterocycles. The first-order valence-corrected chi connectivity index (χ1v) is 8.85. The number of furan rings is 1. The summed E-state index contributed by atoms with van der Waals surface area (Å²) in [4.78, 5) is 18.9. The Balaban J connectivity index is 1.42. The van der Waals surface area contributed by atoms with Crippen molar-refractivity contribution in [3.63, 3.8) is 0 Å². The summed E-state index contributed by atoms with van der Waals surface area (Å²) in [5, 5.41) is 2.91. The number of methoxy groups -OCH3 is 1. The normalized spacial score (nSPS) is 20.0. The average molecular weight is 341 g/mol. The second kappa shape index (κ2) is 6.88. The average Bonchev–Trinajstić information content (AvgIpc) is 3.16. The highest BCUT2D eigenvalue weighted by molar-refractivity contribution is 5.88. The Labute approximate surface area is 147 Å². The van der Waals surface area contributed by atoms with Crippen molar-refractivity contribution >= 4 is 11.8 Å². The van der Waals surface area contributed by atoms with E-state index < -0.39 is 0 Å². The van der Waals surface area contributed by atoms with Crippen LogP contribution in [-0.4, -0.2) is 29.6 Å². The molecule has 6 nitrogen and oxygen atoms in total. The lowest BCUT2D eigenvalue weighted by atomic mass is 10.2. The van der Waals surface area contributed by atoms with Crippen molar-refractivity contribution in [2.75, 3.05) is 19.0 Å². The van der Waals surface area contributed by atoms with E-state index in [1.807, 2.05) is 29.3 Å². The molecule has 6 heteroatoms. The number of urea groups is 1. The molecule has 3 heterocycles. The largest absolute Gasteiger partial charge is 0.461 e. The predicted octanol–water partition coefficient (Wildman–Crippen LogP) is 4.07. The number of nitrogens with one attached hydrogen (secondary N) is 1. The minimum atomic E-state index is -0.126. The van der Waals surface area contributed by atoms with Gasteiger partial charge in [-0.15, -0.1) is 0 Å². The van der Waals surface area contributed by atoms with Gasteiger partial charge in [0.15, 0.2) is 0 Å². The molecule has 4 rings (SSSR count). The Kier molecular flexibility index (Phi) is 4.44. The highest BCUT2D eigenvalue weighted by Gasteiger charge is 2.32. The van der Waals surface area contributed by atoms with Gasteiger partial charge in [-0.3, -0.25) is 5.32 Å². The highest BCUT2D eigenvalue weighted by atomic mass is 16.5. The lowest BCUT2D eigenvalue weighted by Gasteiger charge is -2.23. The number of carbonyl (C=O) groups is 1. The number of carbonyl (C=O) groups excluding carboxylic acids is 1. The number of amides is 2. The molecule has 0 spiro atoms. The fourth-order valence-electron chi connectivity index (χ4n) is 3.42. The molecule has 1 atom stereocenters. The van der Waals surface area contributed by atoms with Crippen LogP contribution in [0.5, 0.6) is 0 Å². The predicted molar refractivity (Wildman–Crippen MR) is 93.3 cm³/mol. The Morgan fingerprint density at radius 1 is 1.32 bits per heavy atom. The monoisotopic (exact) mass is 341 g/mol. The minimum absolute atomic E-state index is 0.0312. The first-order chi connectivity index (χ1) is 12.2. The molecule has 1 aliphatic carbocycles. The summed E-state index contributed by atoms with van der Waals surface area (Å²) in [7, 11) is 1.64. The SMILES string of the molecule is COCc1ccc(C2CCCN2C(=O)Nc2ccc(C3CC3)cn2)o1. The zero-order chi connectivity index (χ0) is 17.2. The summed E-state index contributed by atoms with van der Waals surface area (Å²) in [6, 6.07) is 7.64.